The van der Waals surface area contributed by atoms with Gasteiger partial charge in [0, 0.05) is 5.92 Å². The molecular weight excluding hydrogens is 360 g/mol. The van der Waals surface area contributed by atoms with E-state index in [1.165, 1.54) is 0 Å². The average Bonchev–Trinajstić information content (AvgIpc) is 3.30. The van der Waals surface area contributed by atoms with E-state index in [0.29, 0.717) is 0 Å². The van der Waals surface area contributed by atoms with E-state index in [0.717, 1.165) is 28.5 Å². The van der Waals surface area contributed by atoms with Gasteiger partial charge in [0.25, 0.3) is 0 Å². The summed E-state index contributed by atoms with van der Waals surface area (Å²) in [5.41, 5.74) is 4.58. The van der Waals surface area contributed by atoms with E-state index >= 15 is 0 Å². The van der Waals surface area contributed by atoms with Gasteiger partial charge in [-0.1, -0.05) is 53.7 Å². The molecule has 1 unspecified atom stereocenters. The molecule has 142 valence electrons. The number of rotatable bonds is 5. The summed E-state index contributed by atoms with van der Waals surface area (Å²) < 4.78 is 10.2. The van der Waals surface area contributed by atoms with Gasteiger partial charge in [-0.2, -0.15) is 0 Å². The molecule has 0 aliphatic heterocycles. The van der Waals surface area contributed by atoms with Crippen LogP contribution in [0.15, 0.2) is 59.3 Å². The third-order valence-corrected chi connectivity index (χ3v) is 4.92. The Bertz CT molecular complexity index is 997. The highest BCUT2D eigenvalue weighted by Crippen LogP contribution is 2.44. The van der Waals surface area contributed by atoms with E-state index in [-0.39, 0.29) is 23.8 Å². The Labute approximate surface area is 160 Å². The average molecular weight is 378 g/mol. The Balaban J connectivity index is 1.45. The number of carbonyl (C=O) groups is 2. The van der Waals surface area contributed by atoms with E-state index in [1.54, 1.807) is 6.92 Å². The van der Waals surface area contributed by atoms with Crippen LogP contribution in [-0.4, -0.2) is 28.9 Å². The topological polar surface area (TPSA) is 102 Å². The molecule has 2 aromatic carbocycles. The number of aromatic nitrogens is 1. The van der Waals surface area contributed by atoms with Gasteiger partial charge in [-0.05, 0) is 29.2 Å². The summed E-state index contributed by atoms with van der Waals surface area (Å²) in [6.45, 7) is 1.79. The van der Waals surface area contributed by atoms with Crippen molar-refractivity contribution in [2.24, 2.45) is 0 Å². The zero-order valence-electron chi connectivity index (χ0n) is 15.1. The summed E-state index contributed by atoms with van der Waals surface area (Å²) >= 11 is 0. The molecule has 1 atom stereocenters. The van der Waals surface area contributed by atoms with E-state index in [2.05, 4.69) is 22.6 Å². The number of alkyl carbamates (subject to hydrolysis) is 1. The molecule has 28 heavy (non-hydrogen) atoms. The number of aromatic carboxylic acids is 1. The fourth-order valence-corrected chi connectivity index (χ4v) is 3.60. The van der Waals surface area contributed by atoms with Crippen LogP contribution in [0.4, 0.5) is 4.79 Å². The fraction of sp³-hybridized carbons (Fsp3) is 0.190. The van der Waals surface area contributed by atoms with Crippen LogP contribution in [0.1, 0.15) is 46.1 Å². The summed E-state index contributed by atoms with van der Waals surface area (Å²) in [6.07, 6.45) is 0.391. The first-order valence-electron chi connectivity index (χ1n) is 8.85. The number of hydrogen-bond donors (Lipinski definition) is 2. The number of hydrogen-bond acceptors (Lipinski definition) is 5. The van der Waals surface area contributed by atoms with E-state index in [9.17, 15) is 9.59 Å². The third kappa shape index (κ3) is 3.11. The lowest BCUT2D eigenvalue weighted by Crippen LogP contribution is -2.29. The molecule has 1 amide bonds. The number of benzene rings is 2. The van der Waals surface area contributed by atoms with Crippen LogP contribution in [0.25, 0.3) is 11.1 Å². The number of amides is 1. The first-order valence-corrected chi connectivity index (χ1v) is 8.85. The van der Waals surface area contributed by atoms with Crippen LogP contribution in [0.5, 0.6) is 0 Å². The van der Waals surface area contributed by atoms with Gasteiger partial charge in [-0.15, -0.1) is 0 Å². The lowest BCUT2D eigenvalue weighted by molar-refractivity contribution is 0.0693. The maximum atomic E-state index is 12.3. The van der Waals surface area contributed by atoms with Crippen molar-refractivity contribution in [3.63, 3.8) is 0 Å². The van der Waals surface area contributed by atoms with Crippen LogP contribution in [0, 0.1) is 0 Å². The van der Waals surface area contributed by atoms with Crippen LogP contribution in [0.2, 0.25) is 0 Å². The Morgan fingerprint density at radius 2 is 1.75 bits per heavy atom. The maximum absolute atomic E-state index is 12.3. The second-order valence-corrected chi connectivity index (χ2v) is 6.61. The Morgan fingerprint density at radius 3 is 2.36 bits per heavy atom. The zero-order valence-corrected chi connectivity index (χ0v) is 15.1. The number of nitrogens with one attached hydrogen (secondary N) is 1. The molecule has 1 heterocycles. The molecule has 7 heteroatoms. The smallest absolute Gasteiger partial charge is 0.407 e. The molecule has 0 bridgehead atoms. The van der Waals surface area contributed by atoms with Gasteiger partial charge in [-0.25, -0.2) is 9.59 Å². The van der Waals surface area contributed by atoms with E-state index in [1.807, 2.05) is 36.4 Å². The van der Waals surface area contributed by atoms with Crippen molar-refractivity contribution in [2.75, 3.05) is 6.61 Å². The number of carbonyl (C=O) groups excluding carboxylic acids is 1. The normalized spacial score (nSPS) is 13.5. The minimum atomic E-state index is -1.17. The standard InChI is InChI=1S/C21H18N2O5/c1-12(19-18(20(24)25)11-28-23-19)22-21(26)27-10-17-15-8-4-2-6-13(15)14-7-3-5-9-16(14)17/h2-9,11-12,17H,10H2,1H3,(H,22,26)(H,24,25). The highest BCUT2D eigenvalue weighted by molar-refractivity contribution is 5.88. The number of carboxylic acids is 1. The quantitative estimate of drug-likeness (QED) is 0.696. The summed E-state index contributed by atoms with van der Waals surface area (Å²) in [4.78, 5) is 23.4. The van der Waals surface area contributed by atoms with Gasteiger partial charge < -0.3 is 19.7 Å². The van der Waals surface area contributed by atoms with Crippen molar-refractivity contribution < 1.29 is 24.0 Å². The van der Waals surface area contributed by atoms with Crippen molar-refractivity contribution in [1.29, 1.82) is 0 Å². The molecule has 1 aromatic heterocycles. The second-order valence-electron chi connectivity index (χ2n) is 6.61. The predicted octanol–water partition coefficient (Wildman–Crippen LogP) is 3.97. The molecule has 0 fully saturated rings. The lowest BCUT2D eigenvalue weighted by atomic mass is 9.98. The van der Waals surface area contributed by atoms with Crippen molar-refractivity contribution in [3.05, 3.63) is 77.2 Å². The Kier molecular flexibility index (Phi) is 4.57. The van der Waals surface area contributed by atoms with Crippen molar-refractivity contribution >= 4 is 12.1 Å². The van der Waals surface area contributed by atoms with Crippen LogP contribution in [-0.2, 0) is 4.74 Å². The molecule has 0 saturated heterocycles. The summed E-state index contributed by atoms with van der Waals surface area (Å²) in [6, 6.07) is 15.5. The monoisotopic (exact) mass is 378 g/mol. The molecule has 0 radical (unpaired) electrons. The maximum Gasteiger partial charge on any atom is 0.407 e. The minimum Gasteiger partial charge on any atom is -0.478 e. The molecule has 3 aromatic rings. The van der Waals surface area contributed by atoms with Gasteiger partial charge >= 0.3 is 12.1 Å². The van der Waals surface area contributed by atoms with Crippen LogP contribution in [0.3, 0.4) is 0 Å². The van der Waals surface area contributed by atoms with Crippen LogP contribution < -0.4 is 5.32 Å². The number of carboxylic acid groups (broad SMARTS) is 1. The van der Waals surface area contributed by atoms with Crippen molar-refractivity contribution in [2.45, 2.75) is 18.9 Å². The van der Waals surface area contributed by atoms with Gasteiger partial charge in [0.2, 0.25) is 0 Å². The molecule has 1 aliphatic carbocycles. The van der Waals surface area contributed by atoms with Gasteiger partial charge in [0.05, 0.1) is 6.04 Å². The van der Waals surface area contributed by atoms with Crippen LogP contribution >= 0.6 is 0 Å². The van der Waals surface area contributed by atoms with E-state index < -0.39 is 18.1 Å². The largest absolute Gasteiger partial charge is 0.478 e. The molecule has 0 spiro atoms. The number of nitrogens with zero attached hydrogens (tertiary/aromatic N) is 1. The first kappa shape index (κ1) is 17.8. The number of fused-ring (bicyclic) bond motifs is 3. The first-order chi connectivity index (χ1) is 13.6. The van der Waals surface area contributed by atoms with Gasteiger partial charge in [0.15, 0.2) is 0 Å². The summed E-state index contributed by atoms with van der Waals surface area (Å²) in [7, 11) is 0. The fourth-order valence-electron chi connectivity index (χ4n) is 3.60. The molecule has 2 N–H and O–H groups in total. The van der Waals surface area contributed by atoms with E-state index in [4.69, 9.17) is 14.4 Å². The Morgan fingerprint density at radius 1 is 1.14 bits per heavy atom. The van der Waals surface area contributed by atoms with Gasteiger partial charge in [0.1, 0.15) is 24.1 Å². The Hall–Kier alpha value is -3.61. The molecular formula is C21H18N2O5. The summed E-state index contributed by atoms with van der Waals surface area (Å²) in [5, 5.41) is 15.4. The highest BCUT2D eigenvalue weighted by Gasteiger charge is 2.29. The molecule has 0 saturated carbocycles. The molecule has 7 nitrogen and oxygen atoms in total. The second kappa shape index (κ2) is 7.19. The number of ether oxygens (including phenoxy) is 1. The third-order valence-electron chi connectivity index (χ3n) is 4.92. The van der Waals surface area contributed by atoms with Crippen molar-refractivity contribution in [3.8, 4) is 11.1 Å². The highest BCUT2D eigenvalue weighted by atomic mass is 16.5. The molecule has 4 rings (SSSR count). The zero-order chi connectivity index (χ0) is 19.7. The van der Waals surface area contributed by atoms with Gasteiger partial charge in [-0.3, -0.25) is 0 Å². The molecule has 1 aliphatic rings. The summed E-state index contributed by atoms with van der Waals surface area (Å²) in [5.74, 6) is -1.22. The minimum absolute atomic E-state index is 0.0462. The van der Waals surface area contributed by atoms with Crippen molar-refractivity contribution in [1.82, 2.24) is 10.5 Å². The lowest BCUT2D eigenvalue weighted by Gasteiger charge is -2.16. The SMILES string of the molecule is CC(NC(=O)OCC1c2ccccc2-c2ccccc21)c1nocc1C(=O)O. The predicted molar refractivity (Wildman–Crippen MR) is 100 cm³/mol.